The third kappa shape index (κ3) is 6.66. The summed E-state index contributed by atoms with van der Waals surface area (Å²) in [6, 6.07) is 20.1. The first-order valence-corrected chi connectivity index (χ1v) is 14.5. The van der Waals surface area contributed by atoms with Crippen molar-refractivity contribution in [2.75, 3.05) is 25.5 Å². The van der Waals surface area contributed by atoms with Crippen molar-refractivity contribution in [3.05, 3.63) is 88.3 Å². The topological polar surface area (TPSA) is 107 Å². The van der Waals surface area contributed by atoms with Gasteiger partial charge in [-0.25, -0.2) is 4.79 Å². The Morgan fingerprint density at radius 1 is 1.02 bits per heavy atom. The molecular formula is C31H32N2O6S. The number of hydrogen-bond acceptors (Lipinski definition) is 7. The summed E-state index contributed by atoms with van der Waals surface area (Å²) in [6.45, 7) is 2.62. The molecular weight excluding hydrogens is 528 g/mol. The van der Waals surface area contributed by atoms with Crippen molar-refractivity contribution >= 4 is 45.3 Å². The first-order chi connectivity index (χ1) is 19.5. The van der Waals surface area contributed by atoms with Crippen LogP contribution in [0.5, 0.6) is 5.75 Å². The van der Waals surface area contributed by atoms with Crippen molar-refractivity contribution in [1.29, 1.82) is 0 Å². The molecule has 2 N–H and O–H groups in total. The van der Waals surface area contributed by atoms with Gasteiger partial charge >= 0.3 is 5.63 Å². The number of carbonyl (C=O) groups excluding carboxylic acids is 2. The van der Waals surface area contributed by atoms with Gasteiger partial charge in [0.25, 0.3) is 5.91 Å². The molecule has 2 atom stereocenters. The zero-order valence-electron chi connectivity index (χ0n) is 22.3. The van der Waals surface area contributed by atoms with Crippen molar-refractivity contribution in [2.24, 2.45) is 0 Å². The maximum Gasteiger partial charge on any atom is 0.344 e. The molecule has 208 valence electrons. The van der Waals surface area contributed by atoms with E-state index in [4.69, 9.17) is 13.9 Å². The molecule has 2 amide bonds. The van der Waals surface area contributed by atoms with E-state index in [0.29, 0.717) is 41.2 Å². The summed E-state index contributed by atoms with van der Waals surface area (Å²) in [4.78, 5) is 38.4. The van der Waals surface area contributed by atoms with Gasteiger partial charge in [0, 0.05) is 35.6 Å². The lowest BCUT2D eigenvalue weighted by Gasteiger charge is -2.20. The molecule has 0 radical (unpaired) electrons. The molecule has 0 saturated carbocycles. The second-order valence-corrected chi connectivity index (χ2v) is 10.8. The highest BCUT2D eigenvalue weighted by Gasteiger charge is 2.24. The van der Waals surface area contributed by atoms with Crippen molar-refractivity contribution in [1.82, 2.24) is 10.6 Å². The number of carbonyl (C=O) groups is 2. The minimum atomic E-state index is -0.728. The van der Waals surface area contributed by atoms with Crippen LogP contribution in [-0.2, 0) is 20.1 Å². The number of ether oxygens (including phenoxy) is 2. The molecule has 2 heterocycles. The van der Waals surface area contributed by atoms with E-state index in [1.807, 2.05) is 48.5 Å². The van der Waals surface area contributed by atoms with Crippen LogP contribution in [0.25, 0.3) is 21.7 Å². The largest absolute Gasteiger partial charge is 0.483 e. The Hall–Kier alpha value is -3.82. The lowest BCUT2D eigenvalue weighted by atomic mass is 10.0. The van der Waals surface area contributed by atoms with Gasteiger partial charge in [-0.1, -0.05) is 48.5 Å². The molecule has 1 aliphatic rings. The Morgan fingerprint density at radius 2 is 1.80 bits per heavy atom. The Balaban J connectivity index is 1.23. The summed E-state index contributed by atoms with van der Waals surface area (Å²) < 4.78 is 17.0. The Kier molecular flexibility index (Phi) is 9.03. The standard InChI is InChI=1S/C31H32N2O6S/c1-20-27(14-13-24-23-11-5-6-12-25(23)31(36)39-29(20)24)38-17-28(34)33-26(19-40-18-21-8-3-2-4-9-21)30(35)32-16-22-10-7-15-37-22/h2-6,8-9,11-14,22,26H,7,10,15-19H2,1H3,(H,32,35)(H,33,34)/t22-,26-/m0/s1. The van der Waals surface area contributed by atoms with E-state index in [1.54, 1.807) is 36.9 Å². The van der Waals surface area contributed by atoms with Crippen molar-refractivity contribution < 1.29 is 23.5 Å². The van der Waals surface area contributed by atoms with Crippen LogP contribution in [0, 0.1) is 6.92 Å². The van der Waals surface area contributed by atoms with E-state index < -0.39 is 17.6 Å². The minimum absolute atomic E-state index is 0.00802. The highest BCUT2D eigenvalue weighted by molar-refractivity contribution is 7.98. The summed E-state index contributed by atoms with van der Waals surface area (Å²) in [5.41, 5.74) is 1.76. The highest BCUT2D eigenvalue weighted by atomic mass is 32.2. The molecule has 5 rings (SSSR count). The van der Waals surface area contributed by atoms with Gasteiger partial charge in [0.05, 0.1) is 11.5 Å². The monoisotopic (exact) mass is 560 g/mol. The predicted molar refractivity (Wildman–Crippen MR) is 157 cm³/mol. The minimum Gasteiger partial charge on any atom is -0.483 e. The van der Waals surface area contributed by atoms with Crippen LogP contribution in [0.4, 0.5) is 0 Å². The summed E-state index contributed by atoms with van der Waals surface area (Å²) in [6.07, 6.45) is 1.90. The molecule has 9 heteroatoms. The number of rotatable bonds is 11. The zero-order chi connectivity index (χ0) is 27.9. The van der Waals surface area contributed by atoms with Crippen LogP contribution >= 0.6 is 11.8 Å². The second kappa shape index (κ2) is 13.0. The quantitative estimate of drug-likeness (QED) is 0.208. The Bertz CT molecular complexity index is 1550. The molecule has 1 aromatic heterocycles. The lowest BCUT2D eigenvalue weighted by Crippen LogP contribution is -2.50. The molecule has 0 unspecified atom stereocenters. The lowest BCUT2D eigenvalue weighted by molar-refractivity contribution is -0.129. The number of hydrogen-bond donors (Lipinski definition) is 2. The molecule has 0 aliphatic carbocycles. The van der Waals surface area contributed by atoms with E-state index in [9.17, 15) is 14.4 Å². The Labute approximate surface area is 236 Å². The van der Waals surface area contributed by atoms with Crippen LogP contribution in [-0.4, -0.2) is 49.5 Å². The number of thioether (sulfide) groups is 1. The van der Waals surface area contributed by atoms with Crippen LogP contribution < -0.4 is 21.0 Å². The number of fused-ring (bicyclic) bond motifs is 3. The van der Waals surface area contributed by atoms with Gasteiger partial charge < -0.3 is 24.5 Å². The summed E-state index contributed by atoms with van der Waals surface area (Å²) >= 11 is 1.57. The molecule has 40 heavy (non-hydrogen) atoms. The van der Waals surface area contributed by atoms with Crippen molar-refractivity contribution in [3.8, 4) is 5.75 Å². The zero-order valence-corrected chi connectivity index (χ0v) is 23.1. The fourth-order valence-corrected chi connectivity index (χ4v) is 5.81. The van der Waals surface area contributed by atoms with Crippen LogP contribution in [0.2, 0.25) is 0 Å². The van der Waals surface area contributed by atoms with E-state index in [1.165, 1.54) is 0 Å². The summed E-state index contributed by atoms with van der Waals surface area (Å²) in [5, 5.41) is 7.86. The maximum atomic E-state index is 13.0. The van der Waals surface area contributed by atoms with Gasteiger partial charge in [-0.2, -0.15) is 11.8 Å². The first-order valence-electron chi connectivity index (χ1n) is 13.4. The van der Waals surface area contributed by atoms with Crippen LogP contribution in [0.15, 0.2) is 75.9 Å². The third-order valence-corrected chi connectivity index (χ3v) is 8.03. The molecule has 8 nitrogen and oxygen atoms in total. The number of nitrogens with one attached hydrogen (secondary N) is 2. The third-order valence-electron chi connectivity index (χ3n) is 6.92. The molecule has 4 aromatic rings. The van der Waals surface area contributed by atoms with Crippen molar-refractivity contribution in [3.63, 3.8) is 0 Å². The maximum absolute atomic E-state index is 13.0. The van der Waals surface area contributed by atoms with Crippen LogP contribution in [0.3, 0.4) is 0 Å². The SMILES string of the molecule is Cc1c(OCC(=O)N[C@@H](CSCc2ccccc2)C(=O)NC[C@@H]2CCCO2)ccc2c1oc(=O)c1ccccc12. The van der Waals surface area contributed by atoms with E-state index in [-0.39, 0.29) is 18.6 Å². The Morgan fingerprint density at radius 3 is 2.58 bits per heavy atom. The van der Waals surface area contributed by atoms with Gasteiger partial charge in [0.1, 0.15) is 17.4 Å². The average Bonchev–Trinajstić information content (AvgIpc) is 3.50. The van der Waals surface area contributed by atoms with Gasteiger partial charge in [-0.3, -0.25) is 9.59 Å². The first kappa shape index (κ1) is 27.7. The summed E-state index contributed by atoms with van der Waals surface area (Å²) in [7, 11) is 0. The number of amides is 2. The molecule has 0 bridgehead atoms. The second-order valence-electron chi connectivity index (χ2n) is 9.79. The number of benzene rings is 3. The molecule has 1 fully saturated rings. The fourth-order valence-electron chi connectivity index (χ4n) is 4.79. The molecule has 1 saturated heterocycles. The normalized spacial score (nSPS) is 15.7. The van der Waals surface area contributed by atoms with Crippen LogP contribution in [0.1, 0.15) is 24.0 Å². The average molecular weight is 561 g/mol. The smallest absolute Gasteiger partial charge is 0.344 e. The van der Waals surface area contributed by atoms with E-state index in [0.717, 1.165) is 34.9 Å². The van der Waals surface area contributed by atoms with E-state index in [2.05, 4.69) is 10.6 Å². The molecule has 3 aromatic carbocycles. The van der Waals surface area contributed by atoms with Gasteiger partial charge in [-0.15, -0.1) is 0 Å². The van der Waals surface area contributed by atoms with Gasteiger partial charge in [-0.05, 0) is 48.9 Å². The molecule has 1 aliphatic heterocycles. The van der Waals surface area contributed by atoms with Gasteiger partial charge in [0.15, 0.2) is 6.61 Å². The fraction of sp³-hybridized carbons (Fsp3) is 0.323. The van der Waals surface area contributed by atoms with Crippen molar-refractivity contribution in [2.45, 2.75) is 37.7 Å². The van der Waals surface area contributed by atoms with Gasteiger partial charge in [0.2, 0.25) is 5.91 Å². The molecule has 0 spiro atoms. The number of aryl methyl sites for hydroxylation is 1. The highest BCUT2D eigenvalue weighted by Crippen LogP contribution is 2.30. The summed E-state index contributed by atoms with van der Waals surface area (Å²) in [5.74, 6) is 0.889. The van der Waals surface area contributed by atoms with E-state index >= 15 is 0 Å². The predicted octanol–water partition coefficient (Wildman–Crippen LogP) is 4.35.